The summed E-state index contributed by atoms with van der Waals surface area (Å²) in [6, 6.07) is 13.8. The molecule has 1 N–H and O–H groups in total. The van der Waals surface area contributed by atoms with Gasteiger partial charge in [-0.05, 0) is 73.7 Å². The fourth-order valence-corrected chi connectivity index (χ4v) is 3.60. The van der Waals surface area contributed by atoms with Crippen LogP contribution >= 0.6 is 0 Å². The van der Waals surface area contributed by atoms with Crippen LogP contribution in [0.15, 0.2) is 54.6 Å². The average Bonchev–Trinajstić information content (AvgIpc) is 2.87. The highest BCUT2D eigenvalue weighted by molar-refractivity contribution is 5.94. The Balaban J connectivity index is 1.39. The Morgan fingerprint density at radius 1 is 1.00 bits per heavy atom. The van der Waals surface area contributed by atoms with Gasteiger partial charge in [0, 0.05) is 31.3 Å². The molecule has 2 amide bonds. The van der Waals surface area contributed by atoms with Crippen molar-refractivity contribution in [1.82, 2.24) is 10.2 Å². The highest BCUT2D eigenvalue weighted by atomic mass is 16.7. The third kappa shape index (κ3) is 7.37. The lowest BCUT2D eigenvalue weighted by Crippen LogP contribution is -2.40. The van der Waals surface area contributed by atoms with Gasteiger partial charge in [0.05, 0.1) is 13.7 Å². The number of carbonyl (C=O) groups is 3. The van der Waals surface area contributed by atoms with E-state index in [1.54, 1.807) is 50.5 Å². The molecule has 3 rings (SSSR count). The number of piperidine rings is 1. The van der Waals surface area contributed by atoms with Gasteiger partial charge < -0.3 is 24.4 Å². The van der Waals surface area contributed by atoms with Crippen LogP contribution in [0.2, 0.25) is 0 Å². The largest absolute Gasteiger partial charge is 0.513 e. The molecule has 0 atom stereocenters. The van der Waals surface area contributed by atoms with E-state index in [9.17, 15) is 14.4 Å². The van der Waals surface area contributed by atoms with E-state index in [0.717, 1.165) is 24.2 Å². The summed E-state index contributed by atoms with van der Waals surface area (Å²) in [7, 11) is 1.62. The summed E-state index contributed by atoms with van der Waals surface area (Å²) in [5.41, 5.74) is 1.42. The number of likely N-dealkylation sites (tertiary alicyclic amines) is 1. The Kier molecular flexibility index (Phi) is 9.08. The monoisotopic (exact) mass is 466 g/mol. The maximum Gasteiger partial charge on any atom is 0.513 e. The van der Waals surface area contributed by atoms with Crippen molar-refractivity contribution in [3.8, 4) is 11.5 Å². The molecule has 2 aromatic rings. The van der Waals surface area contributed by atoms with Crippen LogP contribution in [-0.4, -0.2) is 56.2 Å². The van der Waals surface area contributed by atoms with Crippen molar-refractivity contribution >= 4 is 24.0 Å². The lowest BCUT2D eigenvalue weighted by Gasteiger charge is -2.31. The number of hydrogen-bond donors (Lipinski definition) is 1. The highest BCUT2D eigenvalue weighted by Crippen LogP contribution is 2.18. The summed E-state index contributed by atoms with van der Waals surface area (Å²) in [5, 5.41) is 2.95. The molecule has 0 radical (unpaired) electrons. The minimum absolute atomic E-state index is 0.0107. The number of methoxy groups -OCH3 is 1. The summed E-state index contributed by atoms with van der Waals surface area (Å²) in [4.78, 5) is 38.1. The lowest BCUT2D eigenvalue weighted by molar-refractivity contribution is -0.127. The molecule has 0 aliphatic carbocycles. The van der Waals surface area contributed by atoms with Gasteiger partial charge in [-0.1, -0.05) is 12.1 Å². The fourth-order valence-electron chi connectivity index (χ4n) is 3.60. The molecule has 0 bridgehead atoms. The zero-order valence-corrected chi connectivity index (χ0v) is 19.5. The van der Waals surface area contributed by atoms with E-state index in [4.69, 9.17) is 14.2 Å². The van der Waals surface area contributed by atoms with Crippen molar-refractivity contribution in [1.29, 1.82) is 0 Å². The van der Waals surface area contributed by atoms with Gasteiger partial charge >= 0.3 is 6.16 Å². The Labute approximate surface area is 199 Å². The number of nitrogens with zero attached hydrogens (tertiary/aromatic N) is 1. The minimum atomic E-state index is -0.777. The van der Waals surface area contributed by atoms with Gasteiger partial charge in [0.1, 0.15) is 11.5 Å². The SMILES string of the molecule is CCOC(=O)Oc1ccc(C(=O)NCC2CCN(C(=O)/C=C/c3ccc(OC)cc3)CC2)cc1. The maximum atomic E-state index is 12.5. The normalized spacial score (nSPS) is 14.0. The summed E-state index contributed by atoms with van der Waals surface area (Å²) < 4.78 is 14.8. The van der Waals surface area contributed by atoms with Crippen LogP contribution < -0.4 is 14.8 Å². The third-order valence-electron chi connectivity index (χ3n) is 5.59. The number of benzene rings is 2. The molecule has 0 saturated carbocycles. The van der Waals surface area contributed by atoms with Gasteiger partial charge in [-0.3, -0.25) is 9.59 Å². The molecule has 0 aromatic heterocycles. The van der Waals surface area contributed by atoms with Crippen molar-refractivity contribution in [2.45, 2.75) is 19.8 Å². The number of amides is 2. The molecular weight excluding hydrogens is 436 g/mol. The minimum Gasteiger partial charge on any atom is -0.497 e. The molecule has 0 spiro atoms. The lowest BCUT2D eigenvalue weighted by atomic mass is 9.96. The van der Waals surface area contributed by atoms with Gasteiger partial charge in [0.25, 0.3) is 5.91 Å². The second-order valence-electron chi connectivity index (χ2n) is 7.89. The van der Waals surface area contributed by atoms with E-state index in [1.165, 1.54) is 0 Å². The Bertz CT molecular complexity index is 993. The number of hydrogen-bond acceptors (Lipinski definition) is 6. The Hall–Kier alpha value is -3.81. The van der Waals surface area contributed by atoms with Crippen molar-refractivity contribution in [2.24, 2.45) is 5.92 Å². The van der Waals surface area contributed by atoms with E-state index >= 15 is 0 Å². The number of rotatable bonds is 8. The third-order valence-corrected chi connectivity index (χ3v) is 5.59. The van der Waals surface area contributed by atoms with Gasteiger partial charge in [-0.25, -0.2) is 4.79 Å². The van der Waals surface area contributed by atoms with Crippen LogP contribution in [-0.2, 0) is 9.53 Å². The topological polar surface area (TPSA) is 94.2 Å². The zero-order chi connectivity index (χ0) is 24.3. The molecule has 1 fully saturated rings. The summed E-state index contributed by atoms with van der Waals surface area (Å²) in [5.74, 6) is 1.20. The van der Waals surface area contributed by atoms with Crippen molar-refractivity contribution in [3.63, 3.8) is 0 Å². The van der Waals surface area contributed by atoms with Crippen LogP contribution in [0.4, 0.5) is 4.79 Å². The average molecular weight is 467 g/mol. The molecule has 2 aromatic carbocycles. The molecule has 1 aliphatic rings. The highest BCUT2D eigenvalue weighted by Gasteiger charge is 2.22. The van der Waals surface area contributed by atoms with Gasteiger partial charge in [0.2, 0.25) is 5.91 Å². The first-order chi connectivity index (χ1) is 16.5. The predicted molar refractivity (Wildman–Crippen MR) is 128 cm³/mol. The van der Waals surface area contributed by atoms with Crippen molar-refractivity contribution < 1.29 is 28.6 Å². The number of ether oxygens (including phenoxy) is 3. The van der Waals surface area contributed by atoms with Crippen molar-refractivity contribution in [3.05, 3.63) is 65.7 Å². The standard InChI is InChI=1S/C26H30N2O6/c1-3-33-26(31)34-23-11-7-21(8-12-23)25(30)27-18-20-14-16-28(17-15-20)24(29)13-6-19-4-9-22(32-2)10-5-19/h4-13,20H,3,14-18H2,1-2H3,(H,27,30)/b13-6+. The number of carbonyl (C=O) groups excluding carboxylic acids is 3. The second kappa shape index (κ2) is 12.4. The first kappa shape index (κ1) is 24.8. The van der Waals surface area contributed by atoms with E-state index in [-0.39, 0.29) is 18.4 Å². The molecule has 34 heavy (non-hydrogen) atoms. The predicted octanol–water partition coefficient (Wildman–Crippen LogP) is 3.91. The van der Waals surface area contributed by atoms with E-state index < -0.39 is 6.16 Å². The van der Waals surface area contributed by atoms with Crippen LogP contribution in [0, 0.1) is 5.92 Å². The smallest absolute Gasteiger partial charge is 0.497 e. The van der Waals surface area contributed by atoms with E-state index in [2.05, 4.69) is 5.32 Å². The molecule has 8 nitrogen and oxygen atoms in total. The zero-order valence-electron chi connectivity index (χ0n) is 19.5. The first-order valence-corrected chi connectivity index (χ1v) is 11.3. The van der Waals surface area contributed by atoms with Crippen LogP contribution in [0.1, 0.15) is 35.7 Å². The summed E-state index contributed by atoms with van der Waals surface area (Å²) in [6.45, 7) is 3.78. The molecule has 180 valence electrons. The fraction of sp³-hybridized carbons (Fsp3) is 0.346. The van der Waals surface area contributed by atoms with Gasteiger partial charge in [-0.2, -0.15) is 0 Å². The van der Waals surface area contributed by atoms with E-state index in [1.807, 2.05) is 29.2 Å². The second-order valence-corrected chi connectivity index (χ2v) is 7.89. The maximum absolute atomic E-state index is 12.5. The Morgan fingerprint density at radius 2 is 1.65 bits per heavy atom. The van der Waals surface area contributed by atoms with Crippen LogP contribution in [0.25, 0.3) is 6.08 Å². The summed E-state index contributed by atoms with van der Waals surface area (Å²) >= 11 is 0. The van der Waals surface area contributed by atoms with Crippen LogP contribution in [0.5, 0.6) is 11.5 Å². The molecular formula is C26H30N2O6. The summed E-state index contributed by atoms with van der Waals surface area (Å²) in [6.07, 6.45) is 4.28. The first-order valence-electron chi connectivity index (χ1n) is 11.3. The molecule has 0 unspecified atom stereocenters. The van der Waals surface area contributed by atoms with E-state index in [0.29, 0.717) is 36.9 Å². The number of nitrogens with one attached hydrogen (secondary N) is 1. The molecule has 1 aliphatic heterocycles. The van der Waals surface area contributed by atoms with Gasteiger partial charge in [-0.15, -0.1) is 0 Å². The molecule has 1 heterocycles. The Morgan fingerprint density at radius 3 is 2.26 bits per heavy atom. The van der Waals surface area contributed by atoms with Gasteiger partial charge in [0.15, 0.2) is 0 Å². The molecule has 8 heteroatoms. The van der Waals surface area contributed by atoms with Crippen LogP contribution in [0.3, 0.4) is 0 Å². The van der Waals surface area contributed by atoms with Crippen molar-refractivity contribution in [2.75, 3.05) is 33.4 Å². The quantitative estimate of drug-likeness (QED) is 0.360. The molecule has 1 saturated heterocycles.